The van der Waals surface area contributed by atoms with Gasteiger partial charge >= 0.3 is 0 Å². The van der Waals surface area contributed by atoms with Crippen LogP contribution in [0.3, 0.4) is 0 Å². The number of pyridine rings is 1. The van der Waals surface area contributed by atoms with Gasteiger partial charge in [-0.1, -0.05) is 42.7 Å². The third-order valence-electron chi connectivity index (χ3n) is 4.35. The predicted octanol–water partition coefficient (Wildman–Crippen LogP) is 5.37. The number of thioether (sulfide) groups is 1. The lowest BCUT2D eigenvalue weighted by atomic mass is 9.96. The van der Waals surface area contributed by atoms with Gasteiger partial charge in [-0.25, -0.2) is 0 Å². The van der Waals surface area contributed by atoms with Crippen molar-refractivity contribution in [1.82, 2.24) is 4.98 Å². The second-order valence-electron chi connectivity index (χ2n) is 5.90. The van der Waals surface area contributed by atoms with Gasteiger partial charge in [-0.2, -0.15) is 0 Å². The third kappa shape index (κ3) is 3.91. The standard InChI is InChI=1S/C19H20ClNOS/c1-23-15-8-6-14(7-9-15)16(12-13-4-2-3-5-13)18-11-10-17(20)19(22)21-18/h6-13H,2-5H2,1H3,(H,21,22)/b16-12+. The Morgan fingerprint density at radius 3 is 2.48 bits per heavy atom. The molecule has 2 nitrogen and oxygen atoms in total. The molecule has 1 aliphatic carbocycles. The van der Waals surface area contributed by atoms with E-state index in [9.17, 15) is 4.79 Å². The van der Waals surface area contributed by atoms with Gasteiger partial charge in [0.2, 0.25) is 0 Å². The number of aromatic nitrogens is 1. The van der Waals surface area contributed by atoms with E-state index in [1.165, 1.54) is 30.6 Å². The van der Waals surface area contributed by atoms with Crippen molar-refractivity contribution in [1.29, 1.82) is 0 Å². The first-order valence-corrected chi connectivity index (χ1v) is 9.53. The summed E-state index contributed by atoms with van der Waals surface area (Å²) in [5, 5.41) is 0.228. The van der Waals surface area contributed by atoms with E-state index < -0.39 is 0 Å². The molecule has 3 rings (SSSR count). The van der Waals surface area contributed by atoms with Crippen molar-refractivity contribution in [2.45, 2.75) is 30.6 Å². The minimum absolute atomic E-state index is 0.228. The Morgan fingerprint density at radius 1 is 1.17 bits per heavy atom. The van der Waals surface area contributed by atoms with E-state index in [4.69, 9.17) is 11.6 Å². The number of allylic oxidation sites excluding steroid dienone is 1. The van der Waals surface area contributed by atoms with Crippen molar-refractivity contribution < 1.29 is 0 Å². The van der Waals surface area contributed by atoms with Gasteiger partial charge in [0.1, 0.15) is 5.02 Å². The molecule has 23 heavy (non-hydrogen) atoms. The zero-order valence-corrected chi connectivity index (χ0v) is 14.7. The number of rotatable bonds is 4. The monoisotopic (exact) mass is 345 g/mol. The van der Waals surface area contributed by atoms with Gasteiger partial charge < -0.3 is 4.98 Å². The molecule has 0 radical (unpaired) electrons. The second kappa shape index (κ2) is 7.41. The number of hydrogen-bond donors (Lipinski definition) is 1. The van der Waals surface area contributed by atoms with Crippen molar-refractivity contribution in [3.63, 3.8) is 0 Å². The van der Waals surface area contributed by atoms with Crippen molar-refractivity contribution in [3.8, 4) is 0 Å². The molecule has 4 heteroatoms. The predicted molar refractivity (Wildman–Crippen MR) is 99.3 cm³/mol. The summed E-state index contributed by atoms with van der Waals surface area (Å²) in [6.45, 7) is 0. The number of aromatic amines is 1. The van der Waals surface area contributed by atoms with Crippen LogP contribution in [0.1, 0.15) is 36.9 Å². The number of benzene rings is 1. The van der Waals surface area contributed by atoms with Gasteiger partial charge in [0.25, 0.3) is 5.56 Å². The molecule has 0 bridgehead atoms. The molecule has 1 aromatic heterocycles. The normalized spacial score (nSPS) is 16.0. The highest BCUT2D eigenvalue weighted by Crippen LogP contribution is 2.32. The minimum Gasteiger partial charge on any atom is -0.321 e. The first-order valence-electron chi connectivity index (χ1n) is 7.93. The maximum atomic E-state index is 11.9. The van der Waals surface area contributed by atoms with E-state index in [0.29, 0.717) is 5.92 Å². The van der Waals surface area contributed by atoms with Gasteiger partial charge in [-0.15, -0.1) is 11.8 Å². The van der Waals surface area contributed by atoms with Crippen molar-refractivity contribution in [2.24, 2.45) is 5.92 Å². The van der Waals surface area contributed by atoms with Crippen molar-refractivity contribution >= 4 is 28.9 Å². The number of H-pyrrole nitrogens is 1. The van der Waals surface area contributed by atoms with Crippen LogP contribution in [0.25, 0.3) is 5.57 Å². The summed E-state index contributed by atoms with van der Waals surface area (Å²) in [7, 11) is 0. The van der Waals surface area contributed by atoms with Gasteiger partial charge in [-0.3, -0.25) is 4.79 Å². The molecule has 0 saturated heterocycles. The molecule has 120 valence electrons. The number of nitrogens with one attached hydrogen (secondary N) is 1. The van der Waals surface area contributed by atoms with Gasteiger partial charge in [0.05, 0.1) is 0 Å². The van der Waals surface area contributed by atoms with Crippen LogP contribution in [0.15, 0.2) is 52.2 Å². The lowest BCUT2D eigenvalue weighted by Crippen LogP contribution is -2.09. The lowest BCUT2D eigenvalue weighted by Gasteiger charge is -2.12. The largest absolute Gasteiger partial charge is 0.321 e. The zero-order valence-electron chi connectivity index (χ0n) is 13.1. The average molecular weight is 346 g/mol. The van der Waals surface area contributed by atoms with E-state index in [2.05, 4.69) is 41.6 Å². The van der Waals surface area contributed by atoms with E-state index in [1.54, 1.807) is 17.8 Å². The van der Waals surface area contributed by atoms with E-state index >= 15 is 0 Å². The zero-order chi connectivity index (χ0) is 16.2. The topological polar surface area (TPSA) is 32.9 Å². The Balaban J connectivity index is 2.04. The Hall–Kier alpha value is -1.45. The summed E-state index contributed by atoms with van der Waals surface area (Å²) in [6, 6.07) is 12.1. The molecule has 0 aliphatic heterocycles. The van der Waals surface area contributed by atoms with Crippen LogP contribution < -0.4 is 5.56 Å². The Kier molecular flexibility index (Phi) is 5.29. The van der Waals surface area contributed by atoms with Crippen molar-refractivity contribution in [3.05, 3.63) is 69.1 Å². The molecule has 1 fully saturated rings. The number of hydrogen-bond acceptors (Lipinski definition) is 2. The summed E-state index contributed by atoms with van der Waals surface area (Å²) >= 11 is 7.60. The smallest absolute Gasteiger partial charge is 0.267 e. The van der Waals surface area contributed by atoms with Crippen LogP contribution in [-0.2, 0) is 0 Å². The fraction of sp³-hybridized carbons (Fsp3) is 0.316. The summed E-state index contributed by atoms with van der Waals surface area (Å²) in [4.78, 5) is 16.0. The minimum atomic E-state index is -0.234. The molecule has 1 aromatic carbocycles. The van der Waals surface area contributed by atoms with Crippen LogP contribution in [0, 0.1) is 5.92 Å². The van der Waals surface area contributed by atoms with Crippen LogP contribution >= 0.6 is 23.4 Å². The molecular weight excluding hydrogens is 326 g/mol. The number of halogens is 1. The Labute approximate surface area is 146 Å². The summed E-state index contributed by atoms with van der Waals surface area (Å²) in [6.07, 6.45) is 9.42. The van der Waals surface area contributed by atoms with Crippen LogP contribution in [-0.4, -0.2) is 11.2 Å². The molecule has 1 heterocycles. The highest BCUT2D eigenvalue weighted by atomic mass is 35.5. The first-order chi connectivity index (χ1) is 11.2. The van der Waals surface area contributed by atoms with E-state index in [-0.39, 0.29) is 10.6 Å². The second-order valence-corrected chi connectivity index (χ2v) is 7.19. The fourth-order valence-electron chi connectivity index (χ4n) is 3.08. The Morgan fingerprint density at radius 2 is 1.87 bits per heavy atom. The third-order valence-corrected chi connectivity index (χ3v) is 5.40. The highest BCUT2D eigenvalue weighted by molar-refractivity contribution is 7.98. The van der Waals surface area contributed by atoms with Crippen LogP contribution in [0.5, 0.6) is 0 Å². The summed E-state index contributed by atoms with van der Waals surface area (Å²) in [5.74, 6) is 0.587. The maximum absolute atomic E-state index is 11.9. The van der Waals surface area contributed by atoms with Crippen LogP contribution in [0.4, 0.5) is 0 Å². The van der Waals surface area contributed by atoms with Gasteiger partial charge in [-0.05, 0) is 54.8 Å². The molecule has 0 unspecified atom stereocenters. The molecule has 2 aromatic rings. The highest BCUT2D eigenvalue weighted by Gasteiger charge is 2.16. The van der Waals surface area contributed by atoms with E-state index in [1.807, 2.05) is 6.07 Å². The maximum Gasteiger partial charge on any atom is 0.267 e. The molecular formula is C19H20ClNOS. The van der Waals surface area contributed by atoms with Gasteiger partial charge in [0.15, 0.2) is 0 Å². The SMILES string of the molecule is CSc1ccc(/C(=C\C2CCCC2)c2ccc(Cl)c(=O)[nH]2)cc1. The Bertz CT molecular complexity index is 758. The first kappa shape index (κ1) is 16.4. The molecule has 1 aliphatic rings. The van der Waals surface area contributed by atoms with E-state index in [0.717, 1.165) is 16.8 Å². The molecule has 1 saturated carbocycles. The van der Waals surface area contributed by atoms with Crippen molar-refractivity contribution in [2.75, 3.05) is 6.26 Å². The summed E-state index contributed by atoms with van der Waals surface area (Å²) in [5.41, 5.74) is 2.83. The van der Waals surface area contributed by atoms with Crippen LogP contribution in [0.2, 0.25) is 5.02 Å². The molecule has 0 spiro atoms. The lowest BCUT2D eigenvalue weighted by molar-refractivity contribution is 0.687. The average Bonchev–Trinajstić information content (AvgIpc) is 3.09. The molecule has 0 amide bonds. The fourth-order valence-corrected chi connectivity index (χ4v) is 3.60. The molecule has 1 N–H and O–H groups in total. The summed E-state index contributed by atoms with van der Waals surface area (Å²) < 4.78 is 0. The quantitative estimate of drug-likeness (QED) is 0.755. The van der Waals surface area contributed by atoms with Gasteiger partial charge in [0, 0.05) is 16.2 Å². The molecule has 0 atom stereocenters.